The molecule has 18 heavy (non-hydrogen) atoms. The van der Waals surface area contributed by atoms with Crippen LogP contribution >= 0.6 is 0 Å². The molecule has 0 aliphatic rings. The van der Waals surface area contributed by atoms with Crippen LogP contribution < -0.4 is 10.6 Å². The summed E-state index contributed by atoms with van der Waals surface area (Å²) in [5.74, 6) is 0.280. The monoisotopic (exact) mass is 256 g/mol. The third-order valence-corrected chi connectivity index (χ3v) is 2.34. The second-order valence-electron chi connectivity index (χ2n) is 3.94. The molecule has 102 valence electrons. The first kappa shape index (κ1) is 14.6. The van der Waals surface area contributed by atoms with E-state index in [4.69, 9.17) is 4.74 Å². The molecule has 0 aliphatic carbocycles. The molecule has 0 aromatic carbocycles. The molecule has 0 bridgehead atoms. The third-order valence-electron chi connectivity index (χ3n) is 2.34. The number of anilines is 2. The van der Waals surface area contributed by atoms with Crippen LogP contribution in [0.1, 0.15) is 26.2 Å². The van der Waals surface area contributed by atoms with Crippen molar-refractivity contribution in [2.24, 2.45) is 0 Å². The molecule has 0 aliphatic heterocycles. The standard InChI is InChI=1S/C12H21FN4O/c1-3-6-15-12-16-9-10(13)11(17-12)14-7-4-5-8-18-2/h9H,3-8H2,1-2H3,(H2,14,15,16,17). The van der Waals surface area contributed by atoms with Crippen LogP contribution in [0.2, 0.25) is 0 Å². The van der Waals surface area contributed by atoms with E-state index >= 15 is 0 Å². The summed E-state index contributed by atoms with van der Waals surface area (Å²) in [7, 11) is 1.67. The Labute approximate surface area is 107 Å². The lowest BCUT2D eigenvalue weighted by Gasteiger charge is -2.08. The molecule has 0 amide bonds. The van der Waals surface area contributed by atoms with E-state index in [2.05, 4.69) is 20.6 Å². The number of nitrogens with zero attached hydrogens (tertiary/aromatic N) is 2. The van der Waals surface area contributed by atoms with Crippen molar-refractivity contribution in [2.45, 2.75) is 26.2 Å². The summed E-state index contributed by atoms with van der Waals surface area (Å²) in [4.78, 5) is 7.96. The van der Waals surface area contributed by atoms with Gasteiger partial charge in [0.2, 0.25) is 5.95 Å². The molecule has 0 unspecified atom stereocenters. The summed E-state index contributed by atoms with van der Waals surface area (Å²) in [5.41, 5.74) is 0. The number of methoxy groups -OCH3 is 1. The number of rotatable bonds is 9. The van der Waals surface area contributed by atoms with Gasteiger partial charge in [0, 0.05) is 26.8 Å². The minimum atomic E-state index is -0.427. The van der Waals surface area contributed by atoms with Crippen LogP contribution in [-0.4, -0.2) is 36.8 Å². The first-order valence-corrected chi connectivity index (χ1v) is 6.27. The van der Waals surface area contributed by atoms with Crippen LogP contribution in [0.3, 0.4) is 0 Å². The SMILES string of the molecule is CCCNc1ncc(F)c(NCCCCOC)n1. The van der Waals surface area contributed by atoms with Crippen LogP contribution in [0.15, 0.2) is 6.20 Å². The number of ether oxygens (including phenoxy) is 1. The van der Waals surface area contributed by atoms with Crippen LogP contribution in [0.4, 0.5) is 16.2 Å². The number of unbranched alkanes of at least 4 members (excludes halogenated alkanes) is 1. The summed E-state index contributed by atoms with van der Waals surface area (Å²) in [6.45, 7) is 4.21. The number of hydrogen-bond donors (Lipinski definition) is 2. The van der Waals surface area contributed by atoms with Crippen LogP contribution in [0.5, 0.6) is 0 Å². The maximum absolute atomic E-state index is 13.4. The van der Waals surface area contributed by atoms with Crippen molar-refractivity contribution >= 4 is 11.8 Å². The van der Waals surface area contributed by atoms with E-state index in [0.717, 1.165) is 32.4 Å². The van der Waals surface area contributed by atoms with E-state index in [0.29, 0.717) is 12.5 Å². The quantitative estimate of drug-likeness (QED) is 0.664. The molecule has 2 N–H and O–H groups in total. The fourth-order valence-electron chi connectivity index (χ4n) is 1.39. The highest BCUT2D eigenvalue weighted by Gasteiger charge is 2.05. The Kier molecular flexibility index (Phi) is 7.01. The minimum Gasteiger partial charge on any atom is -0.385 e. The van der Waals surface area contributed by atoms with Gasteiger partial charge >= 0.3 is 0 Å². The minimum absolute atomic E-state index is 0.251. The fourth-order valence-corrected chi connectivity index (χ4v) is 1.39. The first-order valence-electron chi connectivity index (χ1n) is 6.27. The van der Waals surface area contributed by atoms with E-state index < -0.39 is 5.82 Å². The lowest BCUT2D eigenvalue weighted by atomic mass is 10.3. The Balaban J connectivity index is 2.42. The van der Waals surface area contributed by atoms with Gasteiger partial charge in [-0.05, 0) is 19.3 Å². The molecule has 0 saturated carbocycles. The summed E-state index contributed by atoms with van der Waals surface area (Å²) < 4.78 is 18.4. The zero-order valence-corrected chi connectivity index (χ0v) is 11.0. The van der Waals surface area contributed by atoms with Crippen molar-refractivity contribution in [3.05, 3.63) is 12.0 Å². The first-order chi connectivity index (χ1) is 8.77. The van der Waals surface area contributed by atoms with Crippen molar-refractivity contribution < 1.29 is 9.13 Å². The van der Waals surface area contributed by atoms with Crippen molar-refractivity contribution in [1.29, 1.82) is 0 Å². The van der Waals surface area contributed by atoms with Gasteiger partial charge in [-0.15, -0.1) is 0 Å². The Bertz CT molecular complexity index is 349. The molecule has 0 spiro atoms. The molecule has 1 aromatic heterocycles. The number of halogens is 1. The summed E-state index contributed by atoms with van der Waals surface area (Å²) in [6.07, 6.45) is 4.01. The molecule has 0 atom stereocenters. The van der Waals surface area contributed by atoms with Gasteiger partial charge < -0.3 is 15.4 Å². The molecule has 1 aromatic rings. The number of hydrogen-bond acceptors (Lipinski definition) is 5. The Hall–Kier alpha value is -1.43. The van der Waals surface area contributed by atoms with Gasteiger partial charge in [0.1, 0.15) is 0 Å². The Morgan fingerprint density at radius 2 is 2.11 bits per heavy atom. The largest absolute Gasteiger partial charge is 0.385 e. The van der Waals surface area contributed by atoms with Gasteiger partial charge in [0.05, 0.1) is 6.20 Å². The topological polar surface area (TPSA) is 59.1 Å². The lowest BCUT2D eigenvalue weighted by Crippen LogP contribution is -2.10. The summed E-state index contributed by atoms with van der Waals surface area (Å²) in [6, 6.07) is 0. The average Bonchev–Trinajstić information content (AvgIpc) is 2.39. The predicted octanol–water partition coefficient (Wildman–Crippen LogP) is 2.28. The molecule has 0 saturated heterocycles. The fraction of sp³-hybridized carbons (Fsp3) is 0.667. The van der Waals surface area contributed by atoms with Crippen molar-refractivity contribution in [3.63, 3.8) is 0 Å². The average molecular weight is 256 g/mol. The zero-order chi connectivity index (χ0) is 13.2. The van der Waals surface area contributed by atoms with Crippen LogP contribution in [0, 0.1) is 5.82 Å². The lowest BCUT2D eigenvalue weighted by molar-refractivity contribution is 0.193. The molecular formula is C12H21FN4O. The van der Waals surface area contributed by atoms with Gasteiger partial charge in [-0.3, -0.25) is 0 Å². The second kappa shape index (κ2) is 8.63. The normalized spacial score (nSPS) is 10.4. The van der Waals surface area contributed by atoms with Crippen molar-refractivity contribution in [2.75, 3.05) is 37.4 Å². The maximum Gasteiger partial charge on any atom is 0.224 e. The van der Waals surface area contributed by atoms with E-state index in [1.54, 1.807) is 7.11 Å². The van der Waals surface area contributed by atoms with Gasteiger partial charge in [-0.1, -0.05) is 6.92 Å². The Morgan fingerprint density at radius 3 is 2.83 bits per heavy atom. The second-order valence-corrected chi connectivity index (χ2v) is 3.94. The van der Waals surface area contributed by atoms with Crippen molar-refractivity contribution in [3.8, 4) is 0 Å². The maximum atomic E-state index is 13.4. The molecular weight excluding hydrogens is 235 g/mol. The highest BCUT2D eigenvalue weighted by molar-refractivity contribution is 5.40. The number of nitrogens with one attached hydrogen (secondary N) is 2. The van der Waals surface area contributed by atoms with E-state index in [1.165, 1.54) is 6.20 Å². The molecule has 1 rings (SSSR count). The van der Waals surface area contributed by atoms with E-state index in [1.807, 2.05) is 6.92 Å². The van der Waals surface area contributed by atoms with Crippen molar-refractivity contribution in [1.82, 2.24) is 9.97 Å². The summed E-state index contributed by atoms with van der Waals surface area (Å²) >= 11 is 0. The van der Waals surface area contributed by atoms with E-state index in [-0.39, 0.29) is 5.82 Å². The molecule has 1 heterocycles. The summed E-state index contributed by atoms with van der Waals surface area (Å²) in [5, 5.41) is 5.99. The highest BCUT2D eigenvalue weighted by Crippen LogP contribution is 2.11. The van der Waals surface area contributed by atoms with Gasteiger partial charge in [-0.25, -0.2) is 9.37 Å². The Morgan fingerprint density at radius 1 is 1.28 bits per heavy atom. The van der Waals surface area contributed by atoms with Gasteiger partial charge in [0.25, 0.3) is 0 Å². The highest BCUT2D eigenvalue weighted by atomic mass is 19.1. The van der Waals surface area contributed by atoms with Crippen LogP contribution in [-0.2, 0) is 4.74 Å². The van der Waals surface area contributed by atoms with Crippen LogP contribution in [0.25, 0.3) is 0 Å². The number of aromatic nitrogens is 2. The van der Waals surface area contributed by atoms with Gasteiger partial charge in [0.15, 0.2) is 11.6 Å². The smallest absolute Gasteiger partial charge is 0.224 e. The zero-order valence-electron chi connectivity index (χ0n) is 11.0. The predicted molar refractivity (Wildman–Crippen MR) is 70.4 cm³/mol. The third kappa shape index (κ3) is 5.27. The molecule has 6 heteroatoms. The van der Waals surface area contributed by atoms with E-state index in [9.17, 15) is 4.39 Å². The molecule has 5 nitrogen and oxygen atoms in total. The molecule has 0 radical (unpaired) electrons. The molecule has 0 fully saturated rings. The van der Waals surface area contributed by atoms with Gasteiger partial charge in [-0.2, -0.15) is 4.98 Å².